The van der Waals surface area contributed by atoms with Gasteiger partial charge in [0, 0.05) is 0 Å². The third-order valence-corrected chi connectivity index (χ3v) is 3.25. The number of fused-ring (bicyclic) bond motifs is 1. The highest BCUT2D eigenvalue weighted by atomic mass is 14.2. The Balaban J connectivity index is 2.60. The molecule has 0 radical (unpaired) electrons. The molecule has 0 heteroatoms. The molecule has 1 aliphatic carbocycles. The number of hydrogen-bond acceptors (Lipinski definition) is 0. The Morgan fingerprint density at radius 2 is 2.23 bits per heavy atom. The van der Waals surface area contributed by atoms with Crippen molar-refractivity contribution in [2.45, 2.75) is 32.6 Å². The average molecular weight is 172 g/mol. The Hall–Kier alpha value is -1.04. The highest BCUT2D eigenvalue weighted by molar-refractivity contribution is 5.57. The van der Waals surface area contributed by atoms with Crippen molar-refractivity contribution < 1.29 is 0 Å². The van der Waals surface area contributed by atoms with Gasteiger partial charge in [0.05, 0.1) is 0 Å². The number of benzene rings is 1. The fourth-order valence-electron chi connectivity index (χ4n) is 2.33. The number of hydrogen-bond donors (Lipinski definition) is 0. The van der Waals surface area contributed by atoms with Crippen LogP contribution in [-0.2, 0) is 6.42 Å². The van der Waals surface area contributed by atoms with Gasteiger partial charge in [-0.2, -0.15) is 0 Å². The van der Waals surface area contributed by atoms with Crippen molar-refractivity contribution in [1.29, 1.82) is 0 Å². The van der Waals surface area contributed by atoms with E-state index in [0.29, 0.717) is 0 Å². The van der Waals surface area contributed by atoms with E-state index < -0.39 is 0 Å². The summed E-state index contributed by atoms with van der Waals surface area (Å²) in [6.45, 7) is 8.37. The van der Waals surface area contributed by atoms with Crippen LogP contribution >= 0.6 is 0 Å². The van der Waals surface area contributed by atoms with Gasteiger partial charge < -0.3 is 0 Å². The van der Waals surface area contributed by atoms with Gasteiger partial charge in [-0.3, -0.25) is 0 Å². The fraction of sp³-hybridized carbons (Fsp3) is 0.385. The third kappa shape index (κ3) is 1.21. The predicted octanol–water partition coefficient (Wildman–Crippen LogP) is 3.69. The first-order valence-corrected chi connectivity index (χ1v) is 4.99. The first-order valence-electron chi connectivity index (χ1n) is 4.99. The molecule has 0 heterocycles. The highest BCUT2D eigenvalue weighted by Crippen LogP contribution is 2.35. The smallest absolute Gasteiger partial charge is 0.0184 e. The maximum Gasteiger partial charge on any atom is -0.0184 e. The lowest BCUT2D eigenvalue weighted by Gasteiger charge is -2.09. The van der Waals surface area contributed by atoms with Crippen LogP contribution in [0.4, 0.5) is 0 Å². The second-order valence-electron chi connectivity index (χ2n) is 3.99. The molecule has 0 nitrogen and oxygen atoms in total. The molecule has 1 aromatic carbocycles. The Morgan fingerprint density at radius 3 is 2.92 bits per heavy atom. The molecule has 0 amide bonds. The highest BCUT2D eigenvalue weighted by Gasteiger charge is 2.20. The van der Waals surface area contributed by atoms with Gasteiger partial charge in [-0.05, 0) is 47.9 Å². The molecule has 0 N–H and O–H groups in total. The SMILES string of the molecule is C=Cc1ccc2c(c1C)CCC2C. The molecular formula is C13H16. The van der Waals surface area contributed by atoms with Gasteiger partial charge >= 0.3 is 0 Å². The molecule has 0 aromatic heterocycles. The summed E-state index contributed by atoms with van der Waals surface area (Å²) in [7, 11) is 0. The largest absolute Gasteiger partial charge is 0.0985 e. The van der Waals surface area contributed by atoms with Gasteiger partial charge in [-0.15, -0.1) is 0 Å². The van der Waals surface area contributed by atoms with Gasteiger partial charge in [0.25, 0.3) is 0 Å². The van der Waals surface area contributed by atoms with E-state index >= 15 is 0 Å². The summed E-state index contributed by atoms with van der Waals surface area (Å²) >= 11 is 0. The van der Waals surface area contributed by atoms with E-state index in [2.05, 4.69) is 32.6 Å². The van der Waals surface area contributed by atoms with E-state index in [-0.39, 0.29) is 0 Å². The Morgan fingerprint density at radius 1 is 1.46 bits per heavy atom. The van der Waals surface area contributed by atoms with Gasteiger partial charge in [-0.25, -0.2) is 0 Å². The van der Waals surface area contributed by atoms with Crippen LogP contribution in [0, 0.1) is 6.92 Å². The van der Waals surface area contributed by atoms with Crippen LogP contribution in [0.25, 0.3) is 6.08 Å². The van der Waals surface area contributed by atoms with Crippen molar-refractivity contribution in [3.8, 4) is 0 Å². The molecule has 1 atom stereocenters. The Kier molecular flexibility index (Phi) is 1.99. The average Bonchev–Trinajstić information content (AvgIpc) is 2.50. The molecule has 0 spiro atoms. The Bertz CT molecular complexity index is 347. The summed E-state index contributed by atoms with van der Waals surface area (Å²) in [5, 5.41) is 0. The monoisotopic (exact) mass is 172 g/mol. The van der Waals surface area contributed by atoms with E-state index in [0.717, 1.165) is 5.92 Å². The first-order chi connectivity index (χ1) is 6.24. The zero-order chi connectivity index (χ0) is 9.42. The second kappa shape index (κ2) is 3.02. The van der Waals surface area contributed by atoms with Crippen molar-refractivity contribution >= 4 is 6.08 Å². The normalized spacial score (nSPS) is 20.0. The molecule has 13 heavy (non-hydrogen) atoms. The lowest BCUT2D eigenvalue weighted by atomic mass is 9.96. The van der Waals surface area contributed by atoms with Gasteiger partial charge in [-0.1, -0.05) is 31.7 Å². The van der Waals surface area contributed by atoms with Crippen LogP contribution < -0.4 is 0 Å². The van der Waals surface area contributed by atoms with Crippen molar-refractivity contribution in [3.63, 3.8) is 0 Å². The summed E-state index contributed by atoms with van der Waals surface area (Å²) in [6.07, 6.45) is 4.53. The van der Waals surface area contributed by atoms with Gasteiger partial charge in [0.2, 0.25) is 0 Å². The summed E-state index contributed by atoms with van der Waals surface area (Å²) in [4.78, 5) is 0. The van der Waals surface area contributed by atoms with E-state index in [1.165, 1.54) is 24.0 Å². The Labute approximate surface area is 80.3 Å². The standard InChI is InChI=1S/C13H16/c1-4-11-6-8-12-9(2)5-7-13(12)10(11)3/h4,6,8-9H,1,5,7H2,2-3H3. The van der Waals surface area contributed by atoms with E-state index in [9.17, 15) is 0 Å². The summed E-state index contributed by atoms with van der Waals surface area (Å²) in [6, 6.07) is 4.47. The minimum absolute atomic E-state index is 0.757. The fourth-order valence-corrected chi connectivity index (χ4v) is 2.33. The molecule has 2 rings (SSSR count). The van der Waals surface area contributed by atoms with Crippen LogP contribution in [-0.4, -0.2) is 0 Å². The van der Waals surface area contributed by atoms with Crippen LogP contribution in [0.5, 0.6) is 0 Å². The topological polar surface area (TPSA) is 0 Å². The minimum atomic E-state index is 0.757. The van der Waals surface area contributed by atoms with Crippen LogP contribution in [0.3, 0.4) is 0 Å². The van der Waals surface area contributed by atoms with E-state index in [1.807, 2.05) is 6.08 Å². The van der Waals surface area contributed by atoms with Crippen molar-refractivity contribution in [2.75, 3.05) is 0 Å². The molecule has 0 aliphatic heterocycles. The van der Waals surface area contributed by atoms with Crippen LogP contribution in [0.2, 0.25) is 0 Å². The molecule has 1 aromatic rings. The maximum absolute atomic E-state index is 3.84. The van der Waals surface area contributed by atoms with E-state index in [4.69, 9.17) is 0 Å². The van der Waals surface area contributed by atoms with Crippen molar-refractivity contribution in [2.24, 2.45) is 0 Å². The van der Waals surface area contributed by atoms with Crippen molar-refractivity contribution in [1.82, 2.24) is 0 Å². The lowest BCUT2D eigenvalue weighted by Crippen LogP contribution is -1.91. The van der Waals surface area contributed by atoms with Crippen LogP contribution in [0.1, 0.15) is 41.5 Å². The minimum Gasteiger partial charge on any atom is -0.0985 e. The zero-order valence-corrected chi connectivity index (χ0v) is 8.43. The number of rotatable bonds is 1. The quantitative estimate of drug-likeness (QED) is 0.606. The van der Waals surface area contributed by atoms with Gasteiger partial charge in [0.15, 0.2) is 0 Å². The third-order valence-electron chi connectivity index (χ3n) is 3.25. The molecule has 0 saturated heterocycles. The predicted molar refractivity (Wildman–Crippen MR) is 58.0 cm³/mol. The van der Waals surface area contributed by atoms with Crippen LogP contribution in [0.15, 0.2) is 18.7 Å². The maximum atomic E-state index is 3.84. The van der Waals surface area contributed by atoms with Crippen molar-refractivity contribution in [3.05, 3.63) is 41.0 Å². The summed E-state index contributed by atoms with van der Waals surface area (Å²) < 4.78 is 0. The summed E-state index contributed by atoms with van der Waals surface area (Å²) in [5.74, 6) is 0.757. The van der Waals surface area contributed by atoms with E-state index in [1.54, 1.807) is 11.1 Å². The molecule has 1 unspecified atom stereocenters. The second-order valence-corrected chi connectivity index (χ2v) is 3.99. The molecule has 0 bridgehead atoms. The lowest BCUT2D eigenvalue weighted by molar-refractivity contribution is 0.747. The van der Waals surface area contributed by atoms with Gasteiger partial charge in [0.1, 0.15) is 0 Å². The first kappa shape index (κ1) is 8.55. The molecule has 68 valence electrons. The molecule has 0 saturated carbocycles. The molecular weight excluding hydrogens is 156 g/mol. The molecule has 1 aliphatic rings. The summed E-state index contributed by atoms with van der Waals surface area (Å²) in [5.41, 5.74) is 5.87. The zero-order valence-electron chi connectivity index (χ0n) is 8.43. The molecule has 0 fully saturated rings.